The van der Waals surface area contributed by atoms with Crippen molar-refractivity contribution in [2.24, 2.45) is 0 Å². The number of ether oxygens (including phenoxy) is 1. The molecule has 0 radical (unpaired) electrons. The van der Waals surface area contributed by atoms with Gasteiger partial charge in [-0.1, -0.05) is 25.5 Å². The van der Waals surface area contributed by atoms with Gasteiger partial charge in [-0.25, -0.2) is 9.18 Å². The molecule has 0 aliphatic carbocycles. The third-order valence-corrected chi connectivity index (χ3v) is 3.42. The smallest absolute Gasteiger partial charge is 0.338 e. The molecule has 2 rings (SSSR count). The molecule has 0 fully saturated rings. The third-order valence-electron chi connectivity index (χ3n) is 3.42. The lowest BCUT2D eigenvalue weighted by Gasteiger charge is -2.05. The Labute approximate surface area is 146 Å². The van der Waals surface area contributed by atoms with Gasteiger partial charge in [-0.2, -0.15) is 0 Å². The summed E-state index contributed by atoms with van der Waals surface area (Å²) in [5.41, 5.74) is 1.73. The van der Waals surface area contributed by atoms with Gasteiger partial charge in [-0.15, -0.1) is 0 Å². The van der Waals surface area contributed by atoms with E-state index < -0.39 is 0 Å². The minimum Gasteiger partial charge on any atom is -0.462 e. The van der Waals surface area contributed by atoms with Crippen molar-refractivity contribution in [1.29, 1.82) is 0 Å². The van der Waals surface area contributed by atoms with Crippen molar-refractivity contribution in [2.45, 2.75) is 19.8 Å². The Bertz CT molecular complexity index is 737. The second kappa shape index (κ2) is 9.37. The summed E-state index contributed by atoms with van der Waals surface area (Å²) in [6, 6.07) is 12.3. The summed E-state index contributed by atoms with van der Waals surface area (Å²) in [5.74, 6) is -1.01. The van der Waals surface area contributed by atoms with Crippen LogP contribution in [0.5, 0.6) is 0 Å². The molecule has 0 saturated carbocycles. The molecule has 1 N–H and O–H groups in total. The van der Waals surface area contributed by atoms with Crippen LogP contribution >= 0.6 is 0 Å². The van der Waals surface area contributed by atoms with Crippen molar-refractivity contribution >= 4 is 23.6 Å². The van der Waals surface area contributed by atoms with Gasteiger partial charge in [0.2, 0.25) is 5.91 Å². The van der Waals surface area contributed by atoms with E-state index in [-0.39, 0.29) is 17.7 Å². The van der Waals surface area contributed by atoms with Gasteiger partial charge in [0.15, 0.2) is 0 Å². The highest BCUT2D eigenvalue weighted by Gasteiger charge is 2.07. The summed E-state index contributed by atoms with van der Waals surface area (Å²) in [4.78, 5) is 23.7. The van der Waals surface area contributed by atoms with Crippen molar-refractivity contribution in [3.05, 3.63) is 71.6 Å². The van der Waals surface area contributed by atoms with E-state index in [9.17, 15) is 14.0 Å². The van der Waals surface area contributed by atoms with E-state index in [0.717, 1.165) is 18.4 Å². The number of hydrogen-bond donors (Lipinski definition) is 1. The van der Waals surface area contributed by atoms with Crippen molar-refractivity contribution in [2.75, 3.05) is 11.9 Å². The Hall–Kier alpha value is -2.95. The molecule has 0 aliphatic rings. The van der Waals surface area contributed by atoms with Gasteiger partial charge in [-0.05, 0) is 54.5 Å². The number of anilines is 1. The fourth-order valence-corrected chi connectivity index (χ4v) is 2.01. The van der Waals surface area contributed by atoms with Crippen molar-refractivity contribution < 1.29 is 18.7 Å². The molecule has 1 amide bonds. The lowest BCUT2D eigenvalue weighted by Crippen LogP contribution is -2.09. The Morgan fingerprint density at radius 3 is 2.40 bits per heavy atom. The van der Waals surface area contributed by atoms with Crippen LogP contribution in [-0.2, 0) is 9.53 Å². The molecule has 5 heteroatoms. The monoisotopic (exact) mass is 341 g/mol. The van der Waals surface area contributed by atoms with Gasteiger partial charge >= 0.3 is 5.97 Å². The summed E-state index contributed by atoms with van der Waals surface area (Å²) in [7, 11) is 0. The number of hydrogen-bond acceptors (Lipinski definition) is 3. The van der Waals surface area contributed by atoms with Gasteiger partial charge < -0.3 is 10.1 Å². The number of carbonyl (C=O) groups is 2. The molecule has 0 saturated heterocycles. The molecule has 4 nitrogen and oxygen atoms in total. The van der Waals surface area contributed by atoms with Crippen LogP contribution < -0.4 is 5.32 Å². The molecule has 0 heterocycles. The maximum atomic E-state index is 12.8. The van der Waals surface area contributed by atoms with Crippen molar-refractivity contribution in [3.8, 4) is 0 Å². The van der Waals surface area contributed by atoms with Crippen LogP contribution in [0.15, 0.2) is 54.6 Å². The summed E-state index contributed by atoms with van der Waals surface area (Å²) in [5, 5.41) is 2.69. The van der Waals surface area contributed by atoms with E-state index in [0.29, 0.717) is 17.9 Å². The van der Waals surface area contributed by atoms with E-state index in [1.165, 1.54) is 18.2 Å². The van der Waals surface area contributed by atoms with Gasteiger partial charge in [0.1, 0.15) is 5.82 Å². The molecular formula is C20H20FNO3. The zero-order valence-corrected chi connectivity index (χ0v) is 14.0. The molecule has 0 atom stereocenters. The molecule has 0 spiro atoms. The number of esters is 1. The first-order valence-electron chi connectivity index (χ1n) is 8.10. The lowest BCUT2D eigenvalue weighted by molar-refractivity contribution is -0.111. The molecule has 0 bridgehead atoms. The number of carbonyl (C=O) groups excluding carboxylic acids is 2. The van der Waals surface area contributed by atoms with E-state index in [1.807, 2.05) is 6.92 Å². The summed E-state index contributed by atoms with van der Waals surface area (Å²) in [6.45, 7) is 2.43. The summed E-state index contributed by atoms with van der Waals surface area (Å²) < 4.78 is 17.9. The molecule has 0 aromatic heterocycles. The Kier molecular flexibility index (Phi) is 6.89. The quantitative estimate of drug-likeness (QED) is 0.460. The largest absolute Gasteiger partial charge is 0.462 e. The second-order valence-electron chi connectivity index (χ2n) is 5.44. The maximum absolute atomic E-state index is 12.8. The van der Waals surface area contributed by atoms with Gasteiger partial charge in [0, 0.05) is 11.8 Å². The SMILES string of the molecule is CCCCOC(=O)c1ccc(NC(=O)/C=C/c2ccc(F)cc2)cc1. The predicted molar refractivity (Wildman–Crippen MR) is 95.7 cm³/mol. The first-order chi connectivity index (χ1) is 12.1. The van der Waals surface area contributed by atoms with Crippen LogP contribution in [0.1, 0.15) is 35.7 Å². The molecule has 25 heavy (non-hydrogen) atoms. The van der Waals surface area contributed by atoms with Crippen LogP contribution in [-0.4, -0.2) is 18.5 Å². The number of amides is 1. The summed E-state index contributed by atoms with van der Waals surface area (Å²) in [6.07, 6.45) is 4.75. The van der Waals surface area contributed by atoms with Gasteiger partial charge in [0.05, 0.1) is 12.2 Å². The van der Waals surface area contributed by atoms with Gasteiger partial charge in [-0.3, -0.25) is 4.79 Å². The molecule has 2 aromatic rings. The third kappa shape index (κ3) is 6.22. The number of benzene rings is 2. The molecular weight excluding hydrogens is 321 g/mol. The number of nitrogens with one attached hydrogen (secondary N) is 1. The molecule has 0 unspecified atom stereocenters. The Morgan fingerprint density at radius 2 is 1.76 bits per heavy atom. The summed E-state index contributed by atoms with van der Waals surface area (Å²) >= 11 is 0. The number of unbranched alkanes of at least 4 members (excludes halogenated alkanes) is 1. The normalized spacial score (nSPS) is 10.6. The molecule has 130 valence electrons. The van der Waals surface area contributed by atoms with Crippen molar-refractivity contribution in [1.82, 2.24) is 0 Å². The average Bonchev–Trinajstić information content (AvgIpc) is 2.62. The topological polar surface area (TPSA) is 55.4 Å². The van der Waals surface area contributed by atoms with Gasteiger partial charge in [0.25, 0.3) is 0 Å². The number of rotatable bonds is 7. The number of halogens is 1. The van der Waals surface area contributed by atoms with Crippen LogP contribution in [0.4, 0.5) is 10.1 Å². The fraction of sp³-hybridized carbons (Fsp3) is 0.200. The molecule has 2 aromatic carbocycles. The van der Waals surface area contributed by atoms with Crippen LogP contribution in [0.3, 0.4) is 0 Å². The predicted octanol–water partition coefficient (Wildman–Crippen LogP) is 4.43. The first kappa shape index (κ1) is 18.4. The first-order valence-corrected chi connectivity index (χ1v) is 8.10. The zero-order valence-electron chi connectivity index (χ0n) is 14.0. The zero-order chi connectivity index (χ0) is 18.1. The van der Waals surface area contributed by atoms with Crippen LogP contribution in [0.2, 0.25) is 0 Å². The fourth-order valence-electron chi connectivity index (χ4n) is 2.01. The maximum Gasteiger partial charge on any atom is 0.338 e. The van der Waals surface area contributed by atoms with E-state index in [4.69, 9.17) is 4.74 Å². The van der Waals surface area contributed by atoms with Crippen LogP contribution in [0.25, 0.3) is 6.08 Å². The molecule has 0 aliphatic heterocycles. The lowest BCUT2D eigenvalue weighted by atomic mass is 10.2. The minimum atomic E-state index is -0.373. The van der Waals surface area contributed by atoms with E-state index in [1.54, 1.807) is 42.5 Å². The highest BCUT2D eigenvalue weighted by atomic mass is 19.1. The Balaban J connectivity index is 1.88. The highest BCUT2D eigenvalue weighted by Crippen LogP contribution is 2.11. The van der Waals surface area contributed by atoms with Crippen LogP contribution in [0, 0.1) is 5.82 Å². The second-order valence-corrected chi connectivity index (χ2v) is 5.44. The van der Waals surface area contributed by atoms with E-state index in [2.05, 4.69) is 5.32 Å². The van der Waals surface area contributed by atoms with E-state index >= 15 is 0 Å². The standard InChI is InChI=1S/C20H20FNO3/c1-2-3-14-25-20(24)16-7-11-18(12-8-16)22-19(23)13-6-15-4-9-17(21)10-5-15/h4-13H,2-3,14H2,1H3,(H,22,23)/b13-6+. The minimum absolute atomic E-state index is 0.317. The Morgan fingerprint density at radius 1 is 1.08 bits per heavy atom. The highest BCUT2D eigenvalue weighted by molar-refractivity contribution is 6.02. The van der Waals surface area contributed by atoms with Crippen molar-refractivity contribution in [3.63, 3.8) is 0 Å². The average molecular weight is 341 g/mol.